The Bertz CT molecular complexity index is 539. The largest absolute Gasteiger partial charge is 0.461 e. The number of ether oxygens (including phenoxy) is 1. The molecule has 0 radical (unpaired) electrons. The first kappa shape index (κ1) is 19.5. The van der Waals surface area contributed by atoms with Crippen LogP contribution in [0.1, 0.15) is 45.4 Å². The van der Waals surface area contributed by atoms with Crippen molar-refractivity contribution < 1.29 is 14.4 Å². The van der Waals surface area contributed by atoms with Gasteiger partial charge in [-0.2, -0.15) is 5.26 Å². The zero-order chi connectivity index (χ0) is 18.4. The van der Waals surface area contributed by atoms with E-state index in [4.69, 9.17) is 14.8 Å². The molecular weight excluding hydrogens is 353 g/mol. The van der Waals surface area contributed by atoms with Gasteiger partial charge in [0, 0.05) is 39.1 Å². The van der Waals surface area contributed by atoms with Crippen LogP contribution in [0.2, 0.25) is 0 Å². The summed E-state index contributed by atoms with van der Waals surface area (Å²) in [6.07, 6.45) is 6.75. The van der Waals surface area contributed by atoms with Crippen molar-refractivity contribution in [3.05, 3.63) is 0 Å². The Morgan fingerprint density at radius 1 is 1.12 bits per heavy atom. The average Bonchev–Trinajstić information content (AvgIpc) is 3.40. The number of carbonyl (C=O) groups excluding carboxylic acids is 1. The molecule has 8 nitrogen and oxygen atoms in total. The maximum atomic E-state index is 11.7. The third-order valence-corrected chi connectivity index (χ3v) is 7.64. The highest BCUT2D eigenvalue weighted by molar-refractivity contribution is 7.50. The van der Waals surface area contributed by atoms with Gasteiger partial charge in [0.15, 0.2) is 6.23 Å². The number of hydrogen-bond donors (Lipinski definition) is 0. The van der Waals surface area contributed by atoms with E-state index in [-0.39, 0.29) is 18.5 Å². The quantitative estimate of drug-likeness (QED) is 0.290. The molecule has 1 atom stereocenters. The Morgan fingerprint density at radius 2 is 1.73 bits per heavy atom. The summed E-state index contributed by atoms with van der Waals surface area (Å²) in [6, 6.07) is 1.78. The minimum Gasteiger partial charge on any atom is -0.461 e. The van der Waals surface area contributed by atoms with Crippen LogP contribution in [0.4, 0.5) is 0 Å². The highest BCUT2D eigenvalue weighted by Gasteiger charge is 2.41. The van der Waals surface area contributed by atoms with Gasteiger partial charge >= 0.3 is 5.97 Å². The Morgan fingerprint density at radius 3 is 2.27 bits per heavy atom. The number of nitrogens with zero attached hydrogens (tertiary/aromatic N) is 5. The lowest BCUT2D eigenvalue weighted by Crippen LogP contribution is -2.38. The third kappa shape index (κ3) is 4.52. The second-order valence-corrected chi connectivity index (χ2v) is 8.91. The van der Waals surface area contributed by atoms with Crippen molar-refractivity contribution in [3.8, 4) is 6.07 Å². The van der Waals surface area contributed by atoms with Crippen molar-refractivity contribution >= 4 is 20.1 Å². The molecule has 1 unspecified atom stereocenters. The Labute approximate surface area is 156 Å². The van der Waals surface area contributed by atoms with Gasteiger partial charge in [-0.3, -0.25) is 9.34 Å². The van der Waals surface area contributed by atoms with E-state index >= 15 is 0 Å². The molecule has 0 amide bonds. The molecule has 0 spiro atoms. The van der Waals surface area contributed by atoms with Gasteiger partial charge in [0.25, 0.3) is 5.71 Å². The number of oxime groups is 1. The van der Waals surface area contributed by atoms with Crippen LogP contribution >= 0.6 is 8.37 Å². The zero-order valence-electron chi connectivity index (χ0n) is 15.5. The van der Waals surface area contributed by atoms with Crippen LogP contribution in [-0.2, 0) is 14.4 Å². The molecule has 3 fully saturated rings. The molecule has 0 aromatic heterocycles. The first-order valence-electron chi connectivity index (χ1n) is 9.62. The van der Waals surface area contributed by atoms with Crippen LogP contribution in [0.5, 0.6) is 0 Å². The smallest absolute Gasteiger partial charge is 0.371 e. The van der Waals surface area contributed by atoms with Gasteiger partial charge < -0.3 is 9.57 Å². The minimum atomic E-state index is -0.721. The summed E-state index contributed by atoms with van der Waals surface area (Å²) >= 11 is 0. The second kappa shape index (κ2) is 9.61. The average molecular weight is 381 g/mol. The van der Waals surface area contributed by atoms with Gasteiger partial charge in [-0.15, -0.1) is 0 Å². The SMILES string of the molecule is CCOC(=O)/C(C#N)=N/OC1CCCN1P(N1CCCC1)N1CCCC1. The molecular formula is C17H28N5O3P. The van der Waals surface area contributed by atoms with Crippen LogP contribution in [0.25, 0.3) is 0 Å². The van der Waals surface area contributed by atoms with Crippen LogP contribution in [-0.4, -0.2) is 71.3 Å². The topological polar surface area (TPSA) is 81.4 Å². The number of esters is 1. The molecule has 3 aliphatic heterocycles. The lowest BCUT2D eigenvalue weighted by molar-refractivity contribution is -0.135. The lowest BCUT2D eigenvalue weighted by Gasteiger charge is -2.41. The molecule has 3 saturated heterocycles. The van der Waals surface area contributed by atoms with Crippen LogP contribution < -0.4 is 0 Å². The van der Waals surface area contributed by atoms with E-state index in [0.717, 1.165) is 45.6 Å². The standard InChI is InChI=1S/C17H28N5O3P/c1-2-24-17(23)15(14-18)19-25-16-8-7-13-22(16)26(20-9-3-4-10-20)21-11-5-6-12-21/h16H,2-13H2,1H3/b19-15+. The van der Waals surface area contributed by atoms with E-state index in [2.05, 4.69) is 19.2 Å². The highest BCUT2D eigenvalue weighted by atomic mass is 31.2. The normalized spacial score (nSPS) is 25.7. The predicted molar refractivity (Wildman–Crippen MR) is 99.0 cm³/mol. The number of carbonyl (C=O) groups is 1. The van der Waals surface area contributed by atoms with Crippen molar-refractivity contribution in [1.82, 2.24) is 14.0 Å². The summed E-state index contributed by atoms with van der Waals surface area (Å²) in [5.74, 6) is -0.721. The van der Waals surface area contributed by atoms with E-state index in [1.807, 2.05) is 0 Å². The molecule has 0 aromatic rings. The summed E-state index contributed by atoms with van der Waals surface area (Å²) in [5.41, 5.74) is -0.314. The predicted octanol–water partition coefficient (Wildman–Crippen LogP) is 2.29. The highest BCUT2D eigenvalue weighted by Crippen LogP contribution is 2.54. The molecule has 0 bridgehead atoms. The Hall–Kier alpha value is -1.26. The van der Waals surface area contributed by atoms with Crippen molar-refractivity contribution in [2.24, 2.45) is 5.16 Å². The number of nitriles is 1. The van der Waals surface area contributed by atoms with Gasteiger partial charge in [-0.25, -0.2) is 9.46 Å². The molecule has 144 valence electrons. The molecule has 0 aromatic carbocycles. The zero-order valence-corrected chi connectivity index (χ0v) is 16.4. The summed E-state index contributed by atoms with van der Waals surface area (Å²) in [4.78, 5) is 17.4. The summed E-state index contributed by atoms with van der Waals surface area (Å²) in [5, 5.41) is 13.0. The fourth-order valence-electron chi connectivity index (χ4n) is 3.71. The van der Waals surface area contributed by atoms with Crippen molar-refractivity contribution in [2.45, 2.75) is 51.7 Å². The summed E-state index contributed by atoms with van der Waals surface area (Å²) in [6.45, 7) is 7.44. The maximum Gasteiger partial charge on any atom is 0.371 e. The molecule has 0 aliphatic carbocycles. The van der Waals surface area contributed by atoms with Crippen molar-refractivity contribution in [1.29, 1.82) is 5.26 Å². The van der Waals surface area contributed by atoms with E-state index in [1.165, 1.54) is 25.7 Å². The fraction of sp³-hybridized carbons (Fsp3) is 0.824. The van der Waals surface area contributed by atoms with E-state index in [1.54, 1.807) is 13.0 Å². The fourth-order valence-corrected chi connectivity index (χ4v) is 6.71. The van der Waals surface area contributed by atoms with Gasteiger partial charge in [0.05, 0.1) is 6.61 Å². The number of hydrogen-bond acceptors (Lipinski definition) is 8. The molecule has 3 rings (SSSR count). The van der Waals surface area contributed by atoms with E-state index in [9.17, 15) is 4.79 Å². The van der Waals surface area contributed by atoms with Gasteiger partial charge in [-0.05, 0) is 39.0 Å². The Kier molecular flexibility index (Phi) is 7.21. The van der Waals surface area contributed by atoms with E-state index < -0.39 is 14.3 Å². The summed E-state index contributed by atoms with van der Waals surface area (Å²) in [7, 11) is -0.554. The number of rotatable bonds is 7. The molecule has 0 N–H and O–H groups in total. The van der Waals surface area contributed by atoms with Crippen molar-refractivity contribution in [2.75, 3.05) is 39.3 Å². The van der Waals surface area contributed by atoms with Gasteiger partial charge in [-0.1, -0.05) is 5.16 Å². The van der Waals surface area contributed by atoms with Crippen LogP contribution in [0.15, 0.2) is 5.16 Å². The molecule has 26 heavy (non-hydrogen) atoms. The van der Waals surface area contributed by atoms with Crippen molar-refractivity contribution in [3.63, 3.8) is 0 Å². The monoisotopic (exact) mass is 381 g/mol. The van der Waals surface area contributed by atoms with Crippen LogP contribution in [0, 0.1) is 11.3 Å². The lowest BCUT2D eigenvalue weighted by atomic mass is 10.4. The first-order valence-corrected chi connectivity index (χ1v) is 10.8. The molecule has 9 heteroatoms. The third-order valence-electron chi connectivity index (χ3n) is 4.91. The first-order chi connectivity index (χ1) is 12.7. The maximum absolute atomic E-state index is 11.7. The van der Waals surface area contributed by atoms with Crippen LogP contribution in [0.3, 0.4) is 0 Å². The van der Waals surface area contributed by atoms with Gasteiger partial charge in [0.2, 0.25) is 0 Å². The Balaban J connectivity index is 1.70. The molecule has 3 aliphatic rings. The second-order valence-electron chi connectivity index (χ2n) is 6.73. The van der Waals surface area contributed by atoms with E-state index in [0.29, 0.717) is 0 Å². The summed E-state index contributed by atoms with van der Waals surface area (Å²) < 4.78 is 12.5. The molecule has 3 heterocycles. The molecule has 0 saturated carbocycles. The van der Waals surface area contributed by atoms with Gasteiger partial charge in [0.1, 0.15) is 14.4 Å². The minimum absolute atomic E-state index is 0.180.